The number of hydrogen-bond acceptors (Lipinski definition) is 6. The molecule has 3 aliphatic rings. The Morgan fingerprint density at radius 2 is 1.41 bits per heavy atom. The molecule has 184 valence electrons. The summed E-state index contributed by atoms with van der Waals surface area (Å²) in [6.07, 6.45) is 2.89. The first-order chi connectivity index (χ1) is 14.8. The molecule has 0 radical (unpaired) electrons. The molecular formula is C24H44N4O4. The Bertz CT molecular complexity index is 679. The van der Waals surface area contributed by atoms with E-state index < -0.39 is 11.2 Å². The SMILES string of the molecule is CC(C)N1CCN(C(=O)OC(C)(C)CCC(C)(C)OC(=O)N2CCCC23CN(C)C3)CC1. The Morgan fingerprint density at radius 3 is 1.91 bits per heavy atom. The van der Waals surface area contributed by atoms with Crippen LogP contribution in [0.3, 0.4) is 0 Å². The lowest BCUT2D eigenvalue weighted by Gasteiger charge is -2.51. The van der Waals surface area contributed by atoms with Crippen molar-refractivity contribution >= 4 is 12.2 Å². The van der Waals surface area contributed by atoms with Gasteiger partial charge in [0.15, 0.2) is 0 Å². The van der Waals surface area contributed by atoms with Gasteiger partial charge in [-0.3, -0.25) is 9.80 Å². The second kappa shape index (κ2) is 9.37. The van der Waals surface area contributed by atoms with Gasteiger partial charge in [-0.1, -0.05) is 0 Å². The quantitative estimate of drug-likeness (QED) is 0.615. The second-order valence-electron chi connectivity index (χ2n) is 11.5. The molecular weight excluding hydrogens is 408 g/mol. The predicted molar refractivity (Wildman–Crippen MR) is 125 cm³/mol. The molecule has 0 saturated carbocycles. The third-order valence-corrected chi connectivity index (χ3v) is 7.30. The van der Waals surface area contributed by atoms with Crippen LogP contribution in [0.4, 0.5) is 9.59 Å². The van der Waals surface area contributed by atoms with Gasteiger partial charge in [-0.2, -0.15) is 0 Å². The van der Waals surface area contributed by atoms with E-state index >= 15 is 0 Å². The molecule has 0 bridgehead atoms. The summed E-state index contributed by atoms with van der Waals surface area (Å²) in [5, 5.41) is 0. The minimum Gasteiger partial charge on any atom is -0.443 e. The summed E-state index contributed by atoms with van der Waals surface area (Å²) >= 11 is 0. The molecule has 1 spiro atoms. The average Bonchev–Trinajstić information content (AvgIpc) is 3.11. The topological polar surface area (TPSA) is 65.6 Å². The van der Waals surface area contributed by atoms with Crippen LogP contribution < -0.4 is 0 Å². The van der Waals surface area contributed by atoms with Gasteiger partial charge in [-0.05, 0) is 74.3 Å². The highest BCUT2D eigenvalue weighted by atomic mass is 16.6. The zero-order chi connectivity index (χ0) is 23.7. The lowest BCUT2D eigenvalue weighted by molar-refractivity contribution is -0.0539. The lowest BCUT2D eigenvalue weighted by Crippen LogP contribution is -2.67. The summed E-state index contributed by atoms with van der Waals surface area (Å²) in [6.45, 7) is 17.9. The van der Waals surface area contributed by atoms with E-state index in [2.05, 4.69) is 30.7 Å². The third kappa shape index (κ3) is 5.87. The molecule has 0 aliphatic carbocycles. The molecule has 3 rings (SSSR count). The number of likely N-dealkylation sites (tertiary alicyclic amines) is 2. The van der Waals surface area contributed by atoms with Gasteiger partial charge < -0.3 is 19.3 Å². The Hall–Kier alpha value is -1.54. The highest BCUT2D eigenvalue weighted by molar-refractivity contribution is 5.70. The molecule has 0 aromatic heterocycles. The average molecular weight is 453 g/mol. The van der Waals surface area contributed by atoms with Crippen molar-refractivity contribution in [3.63, 3.8) is 0 Å². The molecule has 3 aliphatic heterocycles. The maximum Gasteiger partial charge on any atom is 0.410 e. The number of carbonyl (C=O) groups excluding carboxylic acids is 2. The van der Waals surface area contributed by atoms with Gasteiger partial charge in [0, 0.05) is 51.9 Å². The van der Waals surface area contributed by atoms with Crippen LogP contribution in [0, 0.1) is 0 Å². The van der Waals surface area contributed by atoms with Gasteiger partial charge in [0.05, 0.1) is 5.54 Å². The summed E-state index contributed by atoms with van der Waals surface area (Å²) in [4.78, 5) is 34.0. The Morgan fingerprint density at radius 1 is 0.875 bits per heavy atom. The van der Waals surface area contributed by atoms with Crippen molar-refractivity contribution in [1.82, 2.24) is 19.6 Å². The molecule has 3 fully saturated rings. The number of carbonyl (C=O) groups is 2. The van der Waals surface area contributed by atoms with Gasteiger partial charge in [0.2, 0.25) is 0 Å². The summed E-state index contributed by atoms with van der Waals surface area (Å²) in [6, 6.07) is 0.496. The van der Waals surface area contributed by atoms with E-state index in [1.54, 1.807) is 4.90 Å². The van der Waals surface area contributed by atoms with E-state index in [4.69, 9.17) is 9.47 Å². The molecule has 0 unspecified atom stereocenters. The first-order valence-electron chi connectivity index (χ1n) is 12.2. The molecule has 0 aromatic rings. The molecule has 0 aromatic carbocycles. The standard InChI is InChI=1S/C24H44N4O4/c1-19(2)26-13-15-27(16-14-26)20(29)31-22(3,4)10-11-23(5,6)32-21(30)28-12-8-9-24(28)17-25(7)18-24/h19H,8-18H2,1-7H3. The number of nitrogens with zero attached hydrogens (tertiary/aromatic N) is 4. The Kier molecular flexibility index (Phi) is 7.35. The lowest BCUT2D eigenvalue weighted by atomic mass is 9.88. The van der Waals surface area contributed by atoms with Crippen LogP contribution >= 0.6 is 0 Å². The summed E-state index contributed by atoms with van der Waals surface area (Å²) < 4.78 is 11.8. The first kappa shape index (κ1) is 25.1. The van der Waals surface area contributed by atoms with E-state index in [0.717, 1.165) is 45.6 Å². The monoisotopic (exact) mass is 452 g/mol. The Labute approximate surface area is 194 Å². The van der Waals surface area contributed by atoms with Crippen LogP contribution in [0.1, 0.15) is 67.2 Å². The molecule has 2 amide bonds. The highest BCUT2D eigenvalue weighted by Crippen LogP contribution is 2.38. The van der Waals surface area contributed by atoms with Crippen molar-refractivity contribution in [3.05, 3.63) is 0 Å². The van der Waals surface area contributed by atoms with Crippen LogP contribution in [0.25, 0.3) is 0 Å². The third-order valence-electron chi connectivity index (χ3n) is 7.30. The maximum atomic E-state index is 12.9. The zero-order valence-electron chi connectivity index (χ0n) is 21.3. The van der Waals surface area contributed by atoms with Crippen LogP contribution in [-0.4, -0.2) is 107 Å². The van der Waals surface area contributed by atoms with Crippen molar-refractivity contribution in [2.45, 2.75) is 90.0 Å². The fourth-order valence-corrected chi connectivity index (χ4v) is 5.23. The van der Waals surface area contributed by atoms with Crippen molar-refractivity contribution in [2.75, 3.05) is 52.9 Å². The zero-order valence-corrected chi connectivity index (χ0v) is 21.3. The molecule has 8 heteroatoms. The summed E-state index contributed by atoms with van der Waals surface area (Å²) in [5.41, 5.74) is -1.28. The van der Waals surface area contributed by atoms with E-state index in [9.17, 15) is 9.59 Å². The number of rotatable bonds is 6. The van der Waals surface area contributed by atoms with Crippen molar-refractivity contribution in [2.24, 2.45) is 0 Å². The molecule has 32 heavy (non-hydrogen) atoms. The van der Waals surface area contributed by atoms with Gasteiger partial charge in [0.1, 0.15) is 11.2 Å². The highest BCUT2D eigenvalue weighted by Gasteiger charge is 2.52. The summed E-state index contributed by atoms with van der Waals surface area (Å²) in [7, 11) is 2.09. The van der Waals surface area contributed by atoms with Gasteiger partial charge >= 0.3 is 12.2 Å². The van der Waals surface area contributed by atoms with E-state index in [0.29, 0.717) is 32.0 Å². The summed E-state index contributed by atoms with van der Waals surface area (Å²) in [5.74, 6) is 0. The van der Waals surface area contributed by atoms with Crippen LogP contribution in [0.15, 0.2) is 0 Å². The van der Waals surface area contributed by atoms with Crippen molar-refractivity contribution < 1.29 is 19.1 Å². The minimum absolute atomic E-state index is 0.0314. The normalized spacial score (nSPS) is 22.4. The molecule has 0 N–H and O–H groups in total. The molecule has 3 heterocycles. The number of piperazine rings is 1. The number of hydrogen-bond donors (Lipinski definition) is 0. The largest absolute Gasteiger partial charge is 0.443 e. The maximum absolute atomic E-state index is 12.9. The minimum atomic E-state index is -0.624. The van der Waals surface area contributed by atoms with Gasteiger partial charge in [0.25, 0.3) is 0 Å². The molecule has 3 saturated heterocycles. The first-order valence-corrected chi connectivity index (χ1v) is 12.2. The van der Waals surface area contributed by atoms with E-state index in [1.165, 1.54) is 0 Å². The van der Waals surface area contributed by atoms with Crippen LogP contribution in [-0.2, 0) is 9.47 Å². The van der Waals surface area contributed by atoms with Crippen molar-refractivity contribution in [1.29, 1.82) is 0 Å². The van der Waals surface area contributed by atoms with E-state index in [1.807, 2.05) is 32.6 Å². The Balaban J connectivity index is 1.45. The smallest absolute Gasteiger partial charge is 0.410 e. The van der Waals surface area contributed by atoms with Crippen LogP contribution in [0.2, 0.25) is 0 Å². The molecule has 0 atom stereocenters. The van der Waals surface area contributed by atoms with Crippen LogP contribution in [0.5, 0.6) is 0 Å². The fourth-order valence-electron chi connectivity index (χ4n) is 5.23. The van der Waals surface area contributed by atoms with Gasteiger partial charge in [-0.25, -0.2) is 9.59 Å². The second-order valence-corrected chi connectivity index (χ2v) is 11.5. The number of ether oxygens (including phenoxy) is 2. The van der Waals surface area contributed by atoms with E-state index in [-0.39, 0.29) is 17.7 Å². The van der Waals surface area contributed by atoms with Crippen molar-refractivity contribution in [3.8, 4) is 0 Å². The predicted octanol–water partition coefficient (Wildman–Crippen LogP) is 3.40. The fraction of sp³-hybridized carbons (Fsp3) is 0.917. The number of likely N-dealkylation sites (N-methyl/N-ethyl adjacent to an activating group) is 1. The number of amides is 2. The molecule has 8 nitrogen and oxygen atoms in total. The van der Waals surface area contributed by atoms with Gasteiger partial charge in [-0.15, -0.1) is 0 Å².